The first-order chi connectivity index (χ1) is 16.2. The van der Waals surface area contributed by atoms with E-state index in [-0.39, 0.29) is 17.0 Å². The Morgan fingerprint density at radius 1 is 1.09 bits per heavy atom. The van der Waals surface area contributed by atoms with Gasteiger partial charge in [0.25, 0.3) is 11.8 Å². The summed E-state index contributed by atoms with van der Waals surface area (Å²) in [5.41, 5.74) is 3.02. The highest BCUT2D eigenvalue weighted by Crippen LogP contribution is 2.27. The Hall–Kier alpha value is -3.80. The van der Waals surface area contributed by atoms with Crippen LogP contribution in [0.4, 0.5) is 11.4 Å². The molecule has 0 unspecified atom stereocenters. The summed E-state index contributed by atoms with van der Waals surface area (Å²) in [5, 5.41) is 15.4. The number of anilines is 2. The third kappa shape index (κ3) is 4.91. The van der Waals surface area contributed by atoms with E-state index in [1.54, 1.807) is 50.2 Å². The van der Waals surface area contributed by atoms with Crippen LogP contribution in [0.3, 0.4) is 0 Å². The van der Waals surface area contributed by atoms with E-state index in [2.05, 4.69) is 26.7 Å². The molecule has 2 amide bonds. The molecule has 4 rings (SSSR count). The number of nitrogens with one attached hydrogen (secondary N) is 2. The lowest BCUT2D eigenvalue weighted by molar-refractivity contribution is 0.102. The number of fused-ring (bicyclic) bond motifs is 1. The topological polar surface area (TPSA) is 108 Å². The maximum Gasteiger partial charge on any atom is 0.265 e. The van der Waals surface area contributed by atoms with Gasteiger partial charge in [-0.05, 0) is 62.2 Å². The lowest BCUT2D eigenvalue weighted by Gasteiger charge is -2.16. The largest absolute Gasteiger partial charge is 0.322 e. The van der Waals surface area contributed by atoms with Gasteiger partial charge in [0.05, 0.1) is 22.6 Å². The first kappa shape index (κ1) is 23.4. The van der Waals surface area contributed by atoms with Crippen LogP contribution in [-0.2, 0) is 5.41 Å². The molecule has 0 bridgehead atoms. The molecule has 4 aromatic rings. The minimum absolute atomic E-state index is 0.266. The summed E-state index contributed by atoms with van der Waals surface area (Å²) in [5.74, 6) is -0.616. The van der Waals surface area contributed by atoms with E-state index in [1.165, 1.54) is 17.5 Å². The summed E-state index contributed by atoms with van der Waals surface area (Å²) < 4.78 is 0. The highest BCUT2D eigenvalue weighted by Gasteiger charge is 2.21. The van der Waals surface area contributed by atoms with Crippen LogP contribution in [0.1, 0.15) is 45.0 Å². The summed E-state index contributed by atoms with van der Waals surface area (Å²) in [6.07, 6.45) is 1.44. The van der Waals surface area contributed by atoms with Crippen molar-refractivity contribution < 1.29 is 9.59 Å². The number of carbonyl (C=O) groups is 2. The highest BCUT2D eigenvalue weighted by molar-refractivity contribution is 7.20. The number of benzene rings is 2. The third-order valence-corrected chi connectivity index (χ3v) is 6.50. The zero-order valence-corrected chi connectivity index (χ0v) is 20.2. The predicted molar refractivity (Wildman–Crippen MR) is 135 cm³/mol. The molecule has 0 fully saturated rings. The molecule has 170 valence electrons. The molecule has 0 aliphatic carbocycles. The number of amides is 2. The van der Waals surface area contributed by atoms with Gasteiger partial charge in [-0.2, -0.15) is 5.26 Å². The van der Waals surface area contributed by atoms with Crippen LogP contribution >= 0.6 is 22.9 Å². The van der Waals surface area contributed by atoms with Crippen LogP contribution in [-0.4, -0.2) is 21.8 Å². The molecule has 0 aliphatic rings. The standard InChI is InChI=1S/C25H20ClN5O2S/c1-14-7-8-17(29-22(32)15-5-4-6-16(9-15)25(2,3)13-27)10-18(14)30-23(33)20-11-19-24(34-20)31-21(26)12-28-19/h4-12H,1-3H3,(H,29,32)(H,30,33). The molecule has 2 aromatic carbocycles. The number of carbonyl (C=O) groups excluding carboxylic acids is 2. The van der Waals surface area contributed by atoms with Crippen molar-refractivity contribution >= 4 is 56.5 Å². The molecule has 9 heteroatoms. The zero-order chi connectivity index (χ0) is 24.5. The van der Waals surface area contributed by atoms with Crippen LogP contribution in [0.2, 0.25) is 5.15 Å². The Bertz CT molecular complexity index is 1470. The fourth-order valence-electron chi connectivity index (χ4n) is 3.24. The van der Waals surface area contributed by atoms with Crippen LogP contribution in [0.25, 0.3) is 10.3 Å². The average Bonchev–Trinajstić information content (AvgIpc) is 3.24. The molecule has 0 aliphatic heterocycles. The second-order valence-corrected chi connectivity index (χ2v) is 9.67. The van der Waals surface area contributed by atoms with Crippen molar-refractivity contribution in [3.63, 3.8) is 0 Å². The molecular weight excluding hydrogens is 470 g/mol. The molecule has 34 heavy (non-hydrogen) atoms. The summed E-state index contributed by atoms with van der Waals surface area (Å²) >= 11 is 7.08. The van der Waals surface area contributed by atoms with Gasteiger partial charge >= 0.3 is 0 Å². The SMILES string of the molecule is Cc1ccc(NC(=O)c2cccc(C(C)(C)C#N)c2)cc1NC(=O)c1cc2ncc(Cl)nc2s1. The number of hydrogen-bond acceptors (Lipinski definition) is 6. The Morgan fingerprint density at radius 3 is 2.65 bits per heavy atom. The average molecular weight is 490 g/mol. The first-order valence-electron chi connectivity index (χ1n) is 10.3. The maximum absolute atomic E-state index is 12.8. The van der Waals surface area contributed by atoms with Gasteiger partial charge in [-0.1, -0.05) is 29.8 Å². The van der Waals surface area contributed by atoms with Gasteiger partial charge in [-0.15, -0.1) is 11.3 Å². The van der Waals surface area contributed by atoms with Gasteiger partial charge in [0, 0.05) is 16.9 Å². The van der Waals surface area contributed by atoms with Crippen molar-refractivity contribution in [3.05, 3.63) is 81.4 Å². The molecule has 0 saturated carbocycles. The van der Waals surface area contributed by atoms with Gasteiger partial charge < -0.3 is 10.6 Å². The van der Waals surface area contributed by atoms with Gasteiger partial charge in [0.15, 0.2) is 0 Å². The van der Waals surface area contributed by atoms with Crippen molar-refractivity contribution in [1.29, 1.82) is 5.26 Å². The summed E-state index contributed by atoms with van der Waals surface area (Å²) in [7, 11) is 0. The lowest BCUT2D eigenvalue weighted by atomic mass is 9.85. The zero-order valence-electron chi connectivity index (χ0n) is 18.6. The molecule has 2 aromatic heterocycles. The number of rotatable bonds is 5. The van der Waals surface area contributed by atoms with E-state index >= 15 is 0 Å². The molecule has 7 nitrogen and oxygen atoms in total. The highest BCUT2D eigenvalue weighted by atomic mass is 35.5. The van der Waals surface area contributed by atoms with E-state index in [0.29, 0.717) is 32.2 Å². The van der Waals surface area contributed by atoms with Crippen molar-refractivity contribution in [2.24, 2.45) is 0 Å². The fraction of sp³-hybridized carbons (Fsp3) is 0.160. The second-order valence-electron chi connectivity index (χ2n) is 8.25. The number of hydrogen-bond donors (Lipinski definition) is 2. The number of halogens is 1. The minimum atomic E-state index is -0.708. The van der Waals surface area contributed by atoms with Gasteiger partial charge in [0.1, 0.15) is 15.5 Å². The molecule has 0 spiro atoms. The van der Waals surface area contributed by atoms with Crippen LogP contribution in [0.15, 0.2) is 54.7 Å². The van der Waals surface area contributed by atoms with Gasteiger partial charge in [-0.3, -0.25) is 14.6 Å². The summed E-state index contributed by atoms with van der Waals surface area (Å²) in [4.78, 5) is 35.1. The van der Waals surface area contributed by atoms with Crippen LogP contribution in [0, 0.1) is 18.3 Å². The number of nitrogens with zero attached hydrogens (tertiary/aromatic N) is 3. The second kappa shape index (κ2) is 9.21. The van der Waals surface area contributed by atoms with E-state index in [1.807, 2.05) is 19.1 Å². The molecule has 0 atom stereocenters. The Kier molecular flexibility index (Phi) is 6.33. The van der Waals surface area contributed by atoms with Crippen molar-refractivity contribution in [3.8, 4) is 6.07 Å². The van der Waals surface area contributed by atoms with Gasteiger partial charge in [0.2, 0.25) is 0 Å². The fourth-order valence-corrected chi connectivity index (χ4v) is 4.31. The lowest BCUT2D eigenvalue weighted by Crippen LogP contribution is -2.17. The number of aryl methyl sites for hydroxylation is 1. The molecule has 0 saturated heterocycles. The van der Waals surface area contributed by atoms with E-state index in [0.717, 1.165) is 11.1 Å². The third-order valence-electron chi connectivity index (χ3n) is 5.31. The maximum atomic E-state index is 12.8. The Labute approximate surface area is 205 Å². The van der Waals surface area contributed by atoms with Crippen molar-refractivity contribution in [1.82, 2.24) is 9.97 Å². The first-order valence-corrected chi connectivity index (χ1v) is 11.5. The number of nitriles is 1. The normalized spacial score (nSPS) is 11.1. The number of thiophene rings is 1. The van der Waals surface area contributed by atoms with Crippen molar-refractivity contribution in [2.75, 3.05) is 10.6 Å². The Morgan fingerprint density at radius 2 is 1.88 bits per heavy atom. The molecule has 2 N–H and O–H groups in total. The summed E-state index contributed by atoms with van der Waals surface area (Å²) in [6.45, 7) is 5.47. The van der Waals surface area contributed by atoms with Gasteiger partial charge in [-0.25, -0.2) is 4.98 Å². The van der Waals surface area contributed by atoms with Crippen LogP contribution in [0.5, 0.6) is 0 Å². The van der Waals surface area contributed by atoms with E-state index in [9.17, 15) is 14.9 Å². The monoisotopic (exact) mass is 489 g/mol. The quantitative estimate of drug-likeness (QED) is 0.359. The Balaban J connectivity index is 1.53. The predicted octanol–water partition coefficient (Wildman–Crippen LogP) is 5.96. The molecule has 0 radical (unpaired) electrons. The minimum Gasteiger partial charge on any atom is -0.322 e. The van der Waals surface area contributed by atoms with E-state index < -0.39 is 5.41 Å². The summed E-state index contributed by atoms with van der Waals surface area (Å²) in [6, 6.07) is 16.2. The van der Waals surface area contributed by atoms with E-state index in [4.69, 9.17) is 11.6 Å². The van der Waals surface area contributed by atoms with Crippen molar-refractivity contribution in [2.45, 2.75) is 26.2 Å². The molecule has 2 heterocycles. The molecular formula is C25H20ClN5O2S. The smallest absolute Gasteiger partial charge is 0.265 e. The van der Waals surface area contributed by atoms with Crippen LogP contribution < -0.4 is 10.6 Å². The number of aromatic nitrogens is 2.